The van der Waals surface area contributed by atoms with E-state index >= 15 is 0 Å². The minimum Gasteiger partial charge on any atom is -0.396 e. The van der Waals surface area contributed by atoms with Gasteiger partial charge in [-0.05, 0) is 83.5 Å². The first-order valence-corrected chi connectivity index (χ1v) is 20.7. The summed E-state index contributed by atoms with van der Waals surface area (Å²) in [6.45, 7) is 8.25. The fraction of sp³-hybridized carbons (Fsp3) is 0.875. The van der Waals surface area contributed by atoms with Gasteiger partial charge in [-0.3, -0.25) is 24.0 Å². The van der Waals surface area contributed by atoms with E-state index in [1.54, 1.807) is 0 Å². The van der Waals surface area contributed by atoms with E-state index < -0.39 is 6.04 Å². The molecule has 1 rings (SSSR count). The highest BCUT2D eigenvalue weighted by molar-refractivity contribution is 5.86. The van der Waals surface area contributed by atoms with Crippen LogP contribution in [0.5, 0.6) is 0 Å². The van der Waals surface area contributed by atoms with Crippen molar-refractivity contribution in [2.75, 3.05) is 46.0 Å². The van der Waals surface area contributed by atoms with Gasteiger partial charge in [0.25, 0.3) is 0 Å². The quantitative estimate of drug-likeness (QED) is 0.0576. The van der Waals surface area contributed by atoms with Crippen molar-refractivity contribution in [1.82, 2.24) is 26.6 Å². The summed E-state index contributed by atoms with van der Waals surface area (Å²) >= 11 is 0. The SMILES string of the molecule is CC(=O)NCCCCCC(=O)NCCCC[C@@H](CO)COC1CCCCCC(OCCCCCCNC(=O)[C@H](CCCCNC(C)=O)NC(C)=O)CC1. The second-order valence-electron chi connectivity index (χ2n) is 14.8. The Morgan fingerprint density at radius 2 is 1.13 bits per heavy atom. The van der Waals surface area contributed by atoms with Crippen molar-refractivity contribution in [2.45, 2.75) is 174 Å². The first-order chi connectivity index (χ1) is 25.6. The summed E-state index contributed by atoms with van der Waals surface area (Å²) in [5.41, 5.74) is 0. The maximum Gasteiger partial charge on any atom is 0.242 e. The van der Waals surface area contributed by atoms with E-state index in [2.05, 4.69) is 26.6 Å². The van der Waals surface area contributed by atoms with Crippen molar-refractivity contribution in [2.24, 2.45) is 5.92 Å². The van der Waals surface area contributed by atoms with E-state index in [0.29, 0.717) is 45.6 Å². The molecule has 0 bridgehead atoms. The minimum atomic E-state index is -0.555. The molecule has 0 saturated heterocycles. The van der Waals surface area contributed by atoms with Crippen LogP contribution in [-0.2, 0) is 33.4 Å². The number of rotatable bonds is 30. The minimum absolute atomic E-state index is 0.0208. The van der Waals surface area contributed by atoms with Crippen molar-refractivity contribution in [3.8, 4) is 0 Å². The Kier molecular flexibility index (Phi) is 29.7. The van der Waals surface area contributed by atoms with Gasteiger partial charge in [-0.2, -0.15) is 0 Å². The first-order valence-electron chi connectivity index (χ1n) is 20.7. The second kappa shape index (κ2) is 32.6. The molecule has 1 fully saturated rings. The number of unbranched alkanes of at least 4 members (excludes halogenated alkanes) is 7. The second-order valence-corrected chi connectivity index (χ2v) is 14.8. The molecule has 0 aromatic rings. The lowest BCUT2D eigenvalue weighted by Gasteiger charge is -2.23. The van der Waals surface area contributed by atoms with Gasteiger partial charge in [0.05, 0.1) is 18.8 Å². The molecular formula is C40H75N5O8. The van der Waals surface area contributed by atoms with Crippen LogP contribution in [-0.4, -0.2) is 98.9 Å². The molecule has 13 heteroatoms. The molecule has 53 heavy (non-hydrogen) atoms. The zero-order valence-corrected chi connectivity index (χ0v) is 33.4. The summed E-state index contributed by atoms with van der Waals surface area (Å²) < 4.78 is 12.7. The van der Waals surface area contributed by atoms with Crippen LogP contribution in [0.4, 0.5) is 0 Å². The van der Waals surface area contributed by atoms with Crippen LogP contribution >= 0.6 is 0 Å². The van der Waals surface area contributed by atoms with E-state index in [1.807, 2.05) is 0 Å². The van der Waals surface area contributed by atoms with Gasteiger partial charge in [0, 0.05) is 72.5 Å². The molecule has 6 N–H and O–H groups in total. The predicted molar refractivity (Wildman–Crippen MR) is 208 cm³/mol. The van der Waals surface area contributed by atoms with Crippen LogP contribution in [0.1, 0.15) is 156 Å². The molecule has 0 aromatic heterocycles. The number of nitrogens with one attached hydrogen (secondary N) is 5. The Bertz CT molecular complexity index is 1000. The van der Waals surface area contributed by atoms with Gasteiger partial charge in [-0.15, -0.1) is 0 Å². The fourth-order valence-electron chi connectivity index (χ4n) is 6.56. The number of ether oxygens (including phenoxy) is 2. The van der Waals surface area contributed by atoms with Crippen molar-refractivity contribution in [3.05, 3.63) is 0 Å². The van der Waals surface area contributed by atoms with Crippen LogP contribution in [0.3, 0.4) is 0 Å². The third-order valence-corrected chi connectivity index (χ3v) is 9.72. The number of aliphatic hydroxyl groups excluding tert-OH is 1. The molecule has 1 aliphatic carbocycles. The monoisotopic (exact) mass is 754 g/mol. The highest BCUT2D eigenvalue weighted by Gasteiger charge is 2.20. The molecule has 308 valence electrons. The number of amides is 5. The maximum atomic E-state index is 12.6. The summed E-state index contributed by atoms with van der Waals surface area (Å²) in [4.78, 5) is 58.2. The van der Waals surface area contributed by atoms with Gasteiger partial charge in [-0.1, -0.05) is 44.9 Å². The van der Waals surface area contributed by atoms with E-state index in [1.165, 1.54) is 33.6 Å². The molecule has 0 spiro atoms. The number of carbonyl (C=O) groups is 5. The lowest BCUT2D eigenvalue weighted by atomic mass is 10.0. The standard InChI is InChI=1S/C40H75N5O8/c1-32(47)41-25-14-7-10-22-39(50)43-27-15-11-18-35(30-46)31-53-37-20-9-6-8-19-36(23-24-37)52-29-17-5-4-13-28-44-40(51)38(45-34(3)49)21-12-16-26-42-33(2)48/h35-38,46H,4-31H2,1-3H3,(H,41,47)(H,42,48)(H,43,50)(H,44,51)(H,45,49)/t35-,36?,37?,38-/m0/s1. The molecule has 0 aromatic carbocycles. The Balaban J connectivity index is 2.19. The Hall–Kier alpha value is -2.77. The number of carbonyl (C=O) groups excluding carboxylic acids is 5. The molecule has 13 nitrogen and oxygen atoms in total. The number of hydrogen-bond acceptors (Lipinski definition) is 8. The largest absolute Gasteiger partial charge is 0.396 e. The van der Waals surface area contributed by atoms with Gasteiger partial charge in [0.2, 0.25) is 29.5 Å². The van der Waals surface area contributed by atoms with Crippen molar-refractivity contribution in [3.63, 3.8) is 0 Å². The Morgan fingerprint density at radius 3 is 1.75 bits per heavy atom. The first kappa shape index (κ1) is 48.2. The van der Waals surface area contributed by atoms with Crippen molar-refractivity contribution >= 4 is 29.5 Å². The van der Waals surface area contributed by atoms with Crippen molar-refractivity contribution < 1.29 is 38.6 Å². The summed E-state index contributed by atoms with van der Waals surface area (Å²) in [6, 6.07) is -0.555. The zero-order valence-electron chi connectivity index (χ0n) is 33.4. The highest BCUT2D eigenvalue weighted by Crippen LogP contribution is 2.23. The van der Waals surface area contributed by atoms with Crippen LogP contribution in [0.2, 0.25) is 0 Å². The van der Waals surface area contributed by atoms with Gasteiger partial charge >= 0.3 is 0 Å². The maximum absolute atomic E-state index is 12.6. The third kappa shape index (κ3) is 29.3. The molecule has 0 heterocycles. The molecule has 0 aliphatic heterocycles. The van der Waals surface area contributed by atoms with Crippen molar-refractivity contribution in [1.29, 1.82) is 0 Å². The van der Waals surface area contributed by atoms with E-state index in [4.69, 9.17) is 9.47 Å². The molecule has 2 unspecified atom stereocenters. The fourth-order valence-corrected chi connectivity index (χ4v) is 6.56. The van der Waals surface area contributed by atoms with Crippen LogP contribution in [0.15, 0.2) is 0 Å². The average molecular weight is 754 g/mol. The van der Waals surface area contributed by atoms with Crippen LogP contribution in [0.25, 0.3) is 0 Å². The van der Waals surface area contributed by atoms with Crippen LogP contribution in [0, 0.1) is 5.92 Å². The topological polar surface area (TPSA) is 184 Å². The summed E-state index contributed by atoms with van der Waals surface area (Å²) in [7, 11) is 0. The molecule has 1 saturated carbocycles. The molecule has 0 radical (unpaired) electrons. The Morgan fingerprint density at radius 1 is 0.585 bits per heavy atom. The van der Waals surface area contributed by atoms with Gasteiger partial charge in [0.1, 0.15) is 6.04 Å². The summed E-state index contributed by atoms with van der Waals surface area (Å²) in [5, 5.41) is 24.2. The Labute approximate surface area is 320 Å². The van der Waals surface area contributed by atoms with Gasteiger partial charge < -0.3 is 41.2 Å². The van der Waals surface area contributed by atoms with Crippen LogP contribution < -0.4 is 26.6 Å². The summed E-state index contributed by atoms with van der Waals surface area (Å²) in [6.07, 6.45) is 19.7. The molecule has 1 aliphatic rings. The van der Waals surface area contributed by atoms with Gasteiger partial charge in [-0.25, -0.2) is 0 Å². The lowest BCUT2D eigenvalue weighted by Crippen LogP contribution is -2.46. The number of aliphatic hydroxyl groups is 1. The predicted octanol–water partition coefficient (Wildman–Crippen LogP) is 4.58. The van der Waals surface area contributed by atoms with E-state index in [9.17, 15) is 29.1 Å². The lowest BCUT2D eigenvalue weighted by molar-refractivity contribution is -0.128. The normalized spacial score (nSPS) is 17.4. The van der Waals surface area contributed by atoms with Gasteiger partial charge in [0.15, 0.2) is 0 Å². The average Bonchev–Trinajstić information content (AvgIpc) is 3.23. The molecule has 5 amide bonds. The summed E-state index contributed by atoms with van der Waals surface area (Å²) in [5.74, 6) is -0.298. The molecular weight excluding hydrogens is 678 g/mol. The zero-order chi connectivity index (χ0) is 38.9. The molecule has 4 atom stereocenters. The van der Waals surface area contributed by atoms with E-state index in [0.717, 1.165) is 116 Å². The smallest absolute Gasteiger partial charge is 0.242 e. The number of hydrogen-bond donors (Lipinski definition) is 6. The highest BCUT2D eigenvalue weighted by atomic mass is 16.5. The van der Waals surface area contributed by atoms with E-state index in [-0.39, 0.29) is 54.3 Å². The third-order valence-electron chi connectivity index (χ3n) is 9.72.